The summed E-state index contributed by atoms with van der Waals surface area (Å²) in [4.78, 5) is 4.59. The second-order valence-electron chi connectivity index (χ2n) is 6.19. The molecular formula is C14H25N3. The van der Waals surface area contributed by atoms with Gasteiger partial charge in [-0.25, -0.2) is 0 Å². The number of nitrogens with zero attached hydrogens (tertiary/aromatic N) is 1. The summed E-state index contributed by atoms with van der Waals surface area (Å²) in [5.74, 6) is 3.50. The average molecular weight is 235 g/mol. The summed E-state index contributed by atoms with van der Waals surface area (Å²) in [5, 5.41) is 3.38. The number of nitrogens with one attached hydrogen (secondary N) is 1. The van der Waals surface area contributed by atoms with Crippen molar-refractivity contribution in [3.05, 3.63) is 0 Å². The highest BCUT2D eigenvalue weighted by molar-refractivity contribution is 5.78. The lowest BCUT2D eigenvalue weighted by Gasteiger charge is -2.15. The maximum Gasteiger partial charge on any atom is 0.188 e. The predicted octanol–water partition coefficient (Wildman–Crippen LogP) is 2.27. The molecule has 0 atom stereocenters. The Labute approximate surface area is 104 Å². The van der Waals surface area contributed by atoms with Crippen LogP contribution in [-0.2, 0) is 0 Å². The van der Waals surface area contributed by atoms with Gasteiger partial charge in [0.15, 0.2) is 5.96 Å². The topological polar surface area (TPSA) is 50.4 Å². The van der Waals surface area contributed by atoms with Crippen LogP contribution in [-0.4, -0.2) is 18.5 Å². The molecule has 0 spiro atoms. The van der Waals surface area contributed by atoms with Gasteiger partial charge in [0, 0.05) is 12.6 Å². The van der Waals surface area contributed by atoms with Crippen molar-refractivity contribution < 1.29 is 0 Å². The number of hydrogen-bond donors (Lipinski definition) is 2. The summed E-state index contributed by atoms with van der Waals surface area (Å²) in [6, 6.07) is 0.596. The fourth-order valence-electron chi connectivity index (χ4n) is 3.26. The van der Waals surface area contributed by atoms with Crippen molar-refractivity contribution in [2.75, 3.05) is 6.54 Å². The van der Waals surface area contributed by atoms with Crippen molar-refractivity contribution >= 4 is 5.96 Å². The molecule has 0 unspecified atom stereocenters. The Morgan fingerprint density at radius 1 is 1.06 bits per heavy atom. The van der Waals surface area contributed by atoms with Crippen LogP contribution in [0.1, 0.15) is 51.4 Å². The Kier molecular flexibility index (Phi) is 3.26. The predicted molar refractivity (Wildman–Crippen MR) is 70.8 cm³/mol. The Morgan fingerprint density at radius 3 is 2.18 bits per heavy atom. The van der Waals surface area contributed by atoms with Crippen LogP contribution in [0.25, 0.3) is 0 Å². The van der Waals surface area contributed by atoms with Crippen LogP contribution in [0, 0.1) is 17.8 Å². The van der Waals surface area contributed by atoms with Gasteiger partial charge in [-0.3, -0.25) is 4.99 Å². The lowest BCUT2D eigenvalue weighted by Crippen LogP contribution is -2.39. The lowest BCUT2D eigenvalue weighted by molar-refractivity contribution is 0.417. The van der Waals surface area contributed by atoms with Crippen molar-refractivity contribution in [3.63, 3.8) is 0 Å². The zero-order valence-corrected chi connectivity index (χ0v) is 10.7. The van der Waals surface area contributed by atoms with Gasteiger partial charge in [-0.2, -0.15) is 0 Å². The summed E-state index contributed by atoms with van der Waals surface area (Å²) in [5.41, 5.74) is 5.98. The summed E-state index contributed by atoms with van der Waals surface area (Å²) in [6.07, 6.45) is 11.0. The zero-order chi connectivity index (χ0) is 11.7. The molecule has 3 aliphatic carbocycles. The highest BCUT2D eigenvalue weighted by Crippen LogP contribution is 2.49. The molecule has 3 aliphatic rings. The fourth-order valence-corrected chi connectivity index (χ4v) is 3.26. The van der Waals surface area contributed by atoms with E-state index in [1.54, 1.807) is 0 Å². The van der Waals surface area contributed by atoms with Gasteiger partial charge < -0.3 is 11.1 Å². The van der Waals surface area contributed by atoms with E-state index in [-0.39, 0.29) is 0 Å². The van der Waals surface area contributed by atoms with Crippen LogP contribution in [0.15, 0.2) is 4.99 Å². The van der Waals surface area contributed by atoms with E-state index in [0.717, 1.165) is 24.3 Å². The molecule has 3 N–H and O–H groups in total. The molecule has 0 heterocycles. The second kappa shape index (κ2) is 4.87. The normalized spacial score (nSPS) is 26.8. The first kappa shape index (κ1) is 11.4. The van der Waals surface area contributed by atoms with E-state index < -0.39 is 0 Å². The molecule has 0 aromatic rings. The molecule has 0 aromatic carbocycles. The minimum Gasteiger partial charge on any atom is -0.370 e. The molecule has 0 radical (unpaired) electrons. The lowest BCUT2D eigenvalue weighted by atomic mass is 9.98. The molecule has 0 amide bonds. The van der Waals surface area contributed by atoms with E-state index in [0.29, 0.717) is 12.0 Å². The molecule has 17 heavy (non-hydrogen) atoms. The zero-order valence-electron chi connectivity index (χ0n) is 10.7. The van der Waals surface area contributed by atoms with E-state index in [9.17, 15) is 0 Å². The molecule has 0 saturated heterocycles. The summed E-state index contributed by atoms with van der Waals surface area (Å²) >= 11 is 0. The number of nitrogens with two attached hydrogens (primary N) is 1. The molecule has 3 rings (SSSR count). The molecule has 3 nitrogen and oxygen atoms in total. The van der Waals surface area contributed by atoms with Crippen molar-refractivity contribution in [3.8, 4) is 0 Å². The van der Waals surface area contributed by atoms with Crippen LogP contribution in [0.3, 0.4) is 0 Å². The summed E-state index contributed by atoms with van der Waals surface area (Å²) < 4.78 is 0. The standard InChI is InChI=1S/C14H25N3/c15-14(17-12-3-1-2-4-12)16-9-13(10-5-6-10)11-7-8-11/h10-13H,1-9H2,(H3,15,16,17). The minimum absolute atomic E-state index is 0.596. The number of rotatable bonds is 5. The largest absolute Gasteiger partial charge is 0.370 e. The van der Waals surface area contributed by atoms with E-state index in [2.05, 4.69) is 10.3 Å². The third-order valence-corrected chi connectivity index (χ3v) is 4.63. The fraction of sp³-hybridized carbons (Fsp3) is 0.929. The molecule has 0 aromatic heterocycles. The van der Waals surface area contributed by atoms with Crippen LogP contribution >= 0.6 is 0 Å². The van der Waals surface area contributed by atoms with E-state index in [1.165, 1.54) is 51.4 Å². The molecule has 96 valence electrons. The second-order valence-corrected chi connectivity index (χ2v) is 6.19. The molecule has 3 saturated carbocycles. The van der Waals surface area contributed by atoms with Gasteiger partial charge in [0.2, 0.25) is 0 Å². The van der Waals surface area contributed by atoms with Gasteiger partial charge in [-0.15, -0.1) is 0 Å². The van der Waals surface area contributed by atoms with Crippen molar-refractivity contribution in [2.45, 2.75) is 57.4 Å². The molecule has 0 aliphatic heterocycles. The van der Waals surface area contributed by atoms with E-state index in [1.807, 2.05) is 0 Å². The number of hydrogen-bond acceptors (Lipinski definition) is 1. The van der Waals surface area contributed by atoms with Gasteiger partial charge in [0.25, 0.3) is 0 Å². The maximum absolute atomic E-state index is 5.98. The van der Waals surface area contributed by atoms with E-state index in [4.69, 9.17) is 5.73 Å². The number of guanidine groups is 1. The average Bonchev–Trinajstić information content (AvgIpc) is 3.22. The Morgan fingerprint density at radius 2 is 1.65 bits per heavy atom. The molecular weight excluding hydrogens is 210 g/mol. The smallest absolute Gasteiger partial charge is 0.188 e. The first-order valence-corrected chi connectivity index (χ1v) is 7.39. The molecule has 3 fully saturated rings. The van der Waals surface area contributed by atoms with Gasteiger partial charge >= 0.3 is 0 Å². The van der Waals surface area contributed by atoms with Crippen molar-refractivity contribution in [1.82, 2.24) is 5.32 Å². The van der Waals surface area contributed by atoms with Crippen LogP contribution in [0.5, 0.6) is 0 Å². The van der Waals surface area contributed by atoms with Gasteiger partial charge in [0.1, 0.15) is 0 Å². The quantitative estimate of drug-likeness (QED) is 0.567. The Hall–Kier alpha value is -0.730. The number of aliphatic imine (C=N–C) groups is 1. The summed E-state index contributed by atoms with van der Waals surface area (Å²) in [6.45, 7) is 0.973. The minimum atomic E-state index is 0.596. The summed E-state index contributed by atoms with van der Waals surface area (Å²) in [7, 11) is 0. The SMILES string of the molecule is NC(=NCC(C1CC1)C1CC1)NC1CCCC1. The van der Waals surface area contributed by atoms with E-state index >= 15 is 0 Å². The third-order valence-electron chi connectivity index (χ3n) is 4.63. The highest BCUT2D eigenvalue weighted by atomic mass is 15.1. The molecule has 0 bridgehead atoms. The molecule has 3 heteroatoms. The van der Waals surface area contributed by atoms with Crippen LogP contribution in [0.4, 0.5) is 0 Å². The third kappa shape index (κ3) is 3.14. The Balaban J connectivity index is 1.46. The van der Waals surface area contributed by atoms with Crippen molar-refractivity contribution in [2.24, 2.45) is 28.5 Å². The van der Waals surface area contributed by atoms with Gasteiger partial charge in [-0.05, 0) is 56.3 Å². The van der Waals surface area contributed by atoms with Crippen LogP contribution in [0.2, 0.25) is 0 Å². The van der Waals surface area contributed by atoms with Crippen LogP contribution < -0.4 is 11.1 Å². The highest BCUT2D eigenvalue weighted by Gasteiger charge is 2.41. The maximum atomic E-state index is 5.98. The van der Waals surface area contributed by atoms with Gasteiger partial charge in [0.05, 0.1) is 0 Å². The van der Waals surface area contributed by atoms with Gasteiger partial charge in [-0.1, -0.05) is 12.8 Å². The van der Waals surface area contributed by atoms with Crippen molar-refractivity contribution in [1.29, 1.82) is 0 Å². The Bertz CT molecular complexity index is 274. The monoisotopic (exact) mass is 235 g/mol. The first-order chi connectivity index (χ1) is 8.33. The first-order valence-electron chi connectivity index (χ1n) is 7.39.